The van der Waals surface area contributed by atoms with Gasteiger partial charge in [0.2, 0.25) is 0 Å². The molecule has 1 aromatic carbocycles. The van der Waals surface area contributed by atoms with Gasteiger partial charge in [-0.25, -0.2) is 14.4 Å². The van der Waals surface area contributed by atoms with Crippen molar-refractivity contribution < 1.29 is 9.18 Å². The lowest BCUT2D eigenvalue weighted by molar-refractivity contribution is 0.103. The molecule has 1 N–H and O–H groups in total. The molecular formula is C17H16FN3OS. The van der Waals surface area contributed by atoms with E-state index in [1.54, 1.807) is 13.0 Å². The predicted octanol–water partition coefficient (Wildman–Crippen LogP) is 4.32. The van der Waals surface area contributed by atoms with Gasteiger partial charge in [0.15, 0.2) is 0 Å². The highest BCUT2D eigenvalue weighted by atomic mass is 32.1. The third kappa shape index (κ3) is 2.82. The third-order valence-corrected chi connectivity index (χ3v) is 4.91. The van der Waals surface area contributed by atoms with E-state index in [9.17, 15) is 9.18 Å². The van der Waals surface area contributed by atoms with Crippen LogP contribution < -0.4 is 5.32 Å². The zero-order chi connectivity index (χ0) is 16.7. The largest absolute Gasteiger partial charge is 0.321 e. The summed E-state index contributed by atoms with van der Waals surface area (Å²) in [6, 6.07) is 4.30. The van der Waals surface area contributed by atoms with Crippen molar-refractivity contribution in [3.8, 4) is 0 Å². The van der Waals surface area contributed by atoms with Gasteiger partial charge in [0.05, 0.1) is 4.88 Å². The molecule has 0 fully saturated rings. The van der Waals surface area contributed by atoms with E-state index >= 15 is 0 Å². The molecule has 2 heterocycles. The van der Waals surface area contributed by atoms with Crippen molar-refractivity contribution in [2.24, 2.45) is 0 Å². The number of anilines is 1. The van der Waals surface area contributed by atoms with Crippen molar-refractivity contribution in [3.63, 3.8) is 0 Å². The van der Waals surface area contributed by atoms with E-state index in [0.717, 1.165) is 21.5 Å². The molecule has 118 valence electrons. The smallest absolute Gasteiger partial charge is 0.266 e. The molecule has 0 saturated heterocycles. The van der Waals surface area contributed by atoms with E-state index in [4.69, 9.17) is 0 Å². The molecule has 0 bridgehead atoms. The Morgan fingerprint density at radius 3 is 2.61 bits per heavy atom. The third-order valence-electron chi connectivity index (χ3n) is 3.73. The number of aromatic nitrogens is 2. The average Bonchev–Trinajstić information content (AvgIpc) is 2.79. The number of aryl methyl sites for hydroxylation is 4. The van der Waals surface area contributed by atoms with Gasteiger partial charge in [-0.15, -0.1) is 11.3 Å². The Labute approximate surface area is 137 Å². The van der Waals surface area contributed by atoms with Crippen LogP contribution in [-0.2, 0) is 0 Å². The monoisotopic (exact) mass is 329 g/mol. The number of carbonyl (C=O) groups is 1. The number of hydrogen-bond donors (Lipinski definition) is 1. The Bertz CT molecular complexity index is 933. The lowest BCUT2D eigenvalue weighted by atomic mass is 10.1. The van der Waals surface area contributed by atoms with Crippen LogP contribution in [0.3, 0.4) is 0 Å². The number of rotatable bonds is 2. The molecule has 0 saturated carbocycles. The Kier molecular flexibility index (Phi) is 3.85. The fourth-order valence-electron chi connectivity index (χ4n) is 2.64. The fourth-order valence-corrected chi connectivity index (χ4v) is 3.81. The summed E-state index contributed by atoms with van der Waals surface area (Å²) in [6.45, 7) is 7.41. The Hall–Kier alpha value is -2.34. The van der Waals surface area contributed by atoms with Gasteiger partial charge < -0.3 is 5.32 Å². The van der Waals surface area contributed by atoms with Crippen molar-refractivity contribution in [1.82, 2.24) is 9.97 Å². The van der Waals surface area contributed by atoms with E-state index in [1.807, 2.05) is 20.8 Å². The highest BCUT2D eigenvalue weighted by molar-refractivity contribution is 7.20. The van der Waals surface area contributed by atoms with E-state index in [0.29, 0.717) is 22.0 Å². The maximum Gasteiger partial charge on any atom is 0.266 e. The van der Waals surface area contributed by atoms with Crippen LogP contribution in [0.5, 0.6) is 0 Å². The maximum absolute atomic E-state index is 13.2. The number of fused-ring (bicyclic) bond motifs is 1. The molecule has 0 aliphatic rings. The van der Waals surface area contributed by atoms with Crippen molar-refractivity contribution in [1.29, 1.82) is 0 Å². The number of benzene rings is 1. The van der Waals surface area contributed by atoms with Crippen LogP contribution in [0.1, 0.15) is 32.3 Å². The number of nitrogens with zero attached hydrogens (tertiary/aromatic N) is 2. The van der Waals surface area contributed by atoms with Crippen LogP contribution in [-0.4, -0.2) is 15.9 Å². The summed E-state index contributed by atoms with van der Waals surface area (Å²) in [6.07, 6.45) is 0. The second-order valence-electron chi connectivity index (χ2n) is 5.51. The lowest BCUT2D eigenvalue weighted by Gasteiger charge is -2.08. The molecule has 4 nitrogen and oxygen atoms in total. The summed E-state index contributed by atoms with van der Waals surface area (Å²) in [5.41, 5.74) is 3.04. The number of nitrogens with one attached hydrogen (secondary N) is 1. The minimum atomic E-state index is -0.320. The highest BCUT2D eigenvalue weighted by Crippen LogP contribution is 2.32. The first-order valence-corrected chi connectivity index (χ1v) is 8.00. The number of halogens is 1. The van der Waals surface area contributed by atoms with Crippen molar-refractivity contribution in [2.45, 2.75) is 27.7 Å². The number of amides is 1. The Morgan fingerprint density at radius 2 is 1.91 bits per heavy atom. The second-order valence-corrected chi connectivity index (χ2v) is 6.51. The lowest BCUT2D eigenvalue weighted by Crippen LogP contribution is -2.12. The first-order chi connectivity index (χ1) is 10.9. The average molecular weight is 329 g/mol. The van der Waals surface area contributed by atoms with Crippen LogP contribution >= 0.6 is 11.3 Å². The molecule has 6 heteroatoms. The Morgan fingerprint density at radius 1 is 1.17 bits per heavy atom. The molecule has 0 aliphatic carbocycles. The summed E-state index contributed by atoms with van der Waals surface area (Å²) in [4.78, 5) is 22.8. The highest BCUT2D eigenvalue weighted by Gasteiger charge is 2.19. The fraction of sp³-hybridized carbons (Fsp3) is 0.235. The van der Waals surface area contributed by atoms with Crippen molar-refractivity contribution >= 4 is 33.1 Å². The van der Waals surface area contributed by atoms with Gasteiger partial charge in [0, 0.05) is 16.8 Å². The molecular weight excluding hydrogens is 313 g/mol. The zero-order valence-corrected chi connectivity index (χ0v) is 14.1. The standard InChI is InChI=1S/C17H16FN3OS/c1-8-7-12(18)5-6-13(8)21-16(22)15-9(2)14-10(3)19-11(4)20-17(14)23-15/h5-7H,1-4H3,(H,21,22). The quantitative estimate of drug-likeness (QED) is 0.762. The van der Waals surface area contributed by atoms with Crippen LogP contribution in [0.4, 0.5) is 10.1 Å². The molecule has 0 unspecified atom stereocenters. The molecule has 3 rings (SSSR count). The number of carbonyl (C=O) groups excluding carboxylic acids is 1. The topological polar surface area (TPSA) is 54.9 Å². The molecule has 0 spiro atoms. The minimum absolute atomic E-state index is 0.211. The van der Waals surface area contributed by atoms with Gasteiger partial charge in [-0.2, -0.15) is 0 Å². The molecule has 2 aromatic heterocycles. The predicted molar refractivity (Wildman–Crippen MR) is 90.7 cm³/mol. The van der Waals surface area contributed by atoms with Gasteiger partial charge in [-0.1, -0.05) is 0 Å². The second kappa shape index (κ2) is 5.70. The summed E-state index contributed by atoms with van der Waals surface area (Å²) in [5.74, 6) is 0.162. The van der Waals surface area contributed by atoms with E-state index in [1.165, 1.54) is 23.5 Å². The maximum atomic E-state index is 13.2. The van der Waals surface area contributed by atoms with Gasteiger partial charge in [0.1, 0.15) is 16.5 Å². The van der Waals surface area contributed by atoms with E-state index in [2.05, 4.69) is 15.3 Å². The summed E-state index contributed by atoms with van der Waals surface area (Å²) in [5, 5.41) is 3.78. The zero-order valence-electron chi connectivity index (χ0n) is 13.3. The molecule has 23 heavy (non-hydrogen) atoms. The summed E-state index contributed by atoms with van der Waals surface area (Å²) >= 11 is 1.35. The van der Waals surface area contributed by atoms with Crippen LogP contribution in [0.15, 0.2) is 18.2 Å². The van der Waals surface area contributed by atoms with Gasteiger partial charge in [-0.3, -0.25) is 4.79 Å². The molecule has 0 radical (unpaired) electrons. The van der Waals surface area contributed by atoms with E-state index in [-0.39, 0.29) is 11.7 Å². The van der Waals surface area contributed by atoms with Gasteiger partial charge in [0.25, 0.3) is 5.91 Å². The van der Waals surface area contributed by atoms with Gasteiger partial charge in [-0.05, 0) is 57.0 Å². The molecule has 3 aromatic rings. The van der Waals surface area contributed by atoms with Crippen LogP contribution in [0.25, 0.3) is 10.2 Å². The van der Waals surface area contributed by atoms with Crippen molar-refractivity contribution in [3.05, 3.63) is 51.5 Å². The molecule has 1 amide bonds. The van der Waals surface area contributed by atoms with Crippen molar-refractivity contribution in [2.75, 3.05) is 5.32 Å². The van der Waals surface area contributed by atoms with Gasteiger partial charge >= 0.3 is 0 Å². The van der Waals surface area contributed by atoms with E-state index < -0.39 is 0 Å². The molecule has 0 atom stereocenters. The molecule has 0 aliphatic heterocycles. The minimum Gasteiger partial charge on any atom is -0.321 e. The normalized spacial score (nSPS) is 11.0. The SMILES string of the molecule is Cc1nc(C)c2c(C)c(C(=O)Nc3ccc(F)cc3C)sc2n1. The first kappa shape index (κ1) is 15.6. The van der Waals surface area contributed by atoms with Crippen LogP contribution in [0.2, 0.25) is 0 Å². The summed E-state index contributed by atoms with van der Waals surface area (Å²) < 4.78 is 13.2. The Balaban J connectivity index is 2.01. The number of hydrogen-bond acceptors (Lipinski definition) is 4. The van der Waals surface area contributed by atoms with Crippen LogP contribution in [0, 0.1) is 33.5 Å². The number of thiophene rings is 1. The first-order valence-electron chi connectivity index (χ1n) is 7.18. The summed E-state index contributed by atoms with van der Waals surface area (Å²) in [7, 11) is 0.